The van der Waals surface area contributed by atoms with Gasteiger partial charge in [0.2, 0.25) is 0 Å². The zero-order valence-electron chi connectivity index (χ0n) is 47.0. The van der Waals surface area contributed by atoms with Crippen molar-refractivity contribution in [1.82, 2.24) is 0 Å². The van der Waals surface area contributed by atoms with Crippen LogP contribution in [0.1, 0.15) is 165 Å². The van der Waals surface area contributed by atoms with E-state index in [0.29, 0.717) is 34.8 Å². The second kappa shape index (κ2) is 22.6. The van der Waals surface area contributed by atoms with E-state index in [1.165, 1.54) is 109 Å². The normalized spacial score (nSPS) is 14.4. The van der Waals surface area contributed by atoms with Gasteiger partial charge in [-0.3, -0.25) is 9.59 Å². The van der Waals surface area contributed by atoms with Gasteiger partial charge in [0.25, 0.3) is 0 Å². The number of carbonyl (C=O) groups excluding carboxylic acids is 2. The highest BCUT2D eigenvalue weighted by atomic mass is 32.1. The molecule has 2 aliphatic rings. The lowest BCUT2D eigenvalue weighted by atomic mass is 9.67. The average Bonchev–Trinajstić information content (AvgIpc) is 4.43. The van der Waals surface area contributed by atoms with Crippen LogP contribution in [0.25, 0.3) is 48.4 Å². The van der Waals surface area contributed by atoms with Gasteiger partial charge in [0.1, 0.15) is 11.5 Å². The monoisotopic (exact) mass is 1160 g/mol. The summed E-state index contributed by atoms with van der Waals surface area (Å²) in [6, 6.07) is 46.1. The molecule has 2 aliphatic carbocycles. The summed E-state index contributed by atoms with van der Waals surface area (Å²) < 4.78 is 16.3. The molecule has 2 atom stereocenters. The lowest BCUT2D eigenvalue weighted by molar-refractivity contribution is 0.111. The Kier molecular flexibility index (Phi) is 15.5. The molecular formula is C70H68O4S6. The maximum atomic E-state index is 12.6. The van der Waals surface area contributed by atoms with Crippen molar-refractivity contribution < 1.29 is 19.1 Å². The molecule has 0 aliphatic heterocycles. The molecule has 0 saturated heterocycles. The van der Waals surface area contributed by atoms with Crippen LogP contribution in [0, 0.1) is 39.5 Å². The van der Waals surface area contributed by atoms with E-state index in [4.69, 9.17) is 9.47 Å². The number of thiophene rings is 6. The van der Waals surface area contributed by atoms with Crippen molar-refractivity contribution in [1.29, 1.82) is 0 Å². The standard InChI is InChI=1S/C70H68O4S6/c1-9-13-15-45(11-3)39-73-55-33-51(37-71)75-63(55)57-35-53-61(77-57)65-59(69(53,47-25-17-41(5)18-26-47)48-27-19-42(6)20-28-48)67-68(79-65)60-66(80-67)62-54(70(60,49-29-21-43(7)22-30-49)50-31-23-44(8)24-32-50)36-58(78-62)64-56(34-52(38-72)76-64)74-40-46(12-4)16-14-10-2/h17-38,45-46H,9-16,39-40H2,1-8H3. The van der Waals surface area contributed by atoms with Gasteiger partial charge in [0.05, 0.1) is 72.5 Å². The van der Waals surface area contributed by atoms with Crippen LogP contribution < -0.4 is 9.47 Å². The lowest BCUT2D eigenvalue weighted by Crippen LogP contribution is -2.28. The molecule has 0 spiro atoms. The van der Waals surface area contributed by atoms with E-state index in [9.17, 15) is 9.59 Å². The highest BCUT2D eigenvalue weighted by Gasteiger charge is 2.55. The first kappa shape index (κ1) is 54.8. The molecule has 4 aromatic carbocycles. The molecule has 4 nitrogen and oxygen atoms in total. The number of ether oxygens (including phenoxy) is 2. The first-order valence-corrected chi connectivity index (χ1v) is 33.5. The number of unbranched alkanes of at least 4 members (excludes halogenated alkanes) is 2. The maximum Gasteiger partial charge on any atom is 0.160 e. The van der Waals surface area contributed by atoms with Crippen LogP contribution in [-0.4, -0.2) is 25.8 Å². The van der Waals surface area contributed by atoms with Crippen LogP contribution in [0.2, 0.25) is 0 Å². The number of benzene rings is 4. The molecule has 2 unspecified atom stereocenters. The zero-order valence-corrected chi connectivity index (χ0v) is 51.9. The number of hydrogen-bond acceptors (Lipinski definition) is 10. The van der Waals surface area contributed by atoms with Crippen LogP contribution in [-0.2, 0) is 10.8 Å². The highest BCUT2D eigenvalue weighted by Crippen LogP contribution is 2.71. The number of hydrogen-bond donors (Lipinski definition) is 0. The summed E-state index contributed by atoms with van der Waals surface area (Å²) in [5, 5.41) is 0. The molecule has 0 bridgehead atoms. The van der Waals surface area contributed by atoms with Gasteiger partial charge < -0.3 is 9.47 Å². The zero-order chi connectivity index (χ0) is 55.5. The van der Waals surface area contributed by atoms with Gasteiger partial charge >= 0.3 is 0 Å². The van der Waals surface area contributed by atoms with Crippen LogP contribution in [0.5, 0.6) is 11.5 Å². The lowest BCUT2D eigenvalue weighted by Gasteiger charge is -2.34. The third-order valence-corrected chi connectivity index (χ3v) is 24.6. The van der Waals surface area contributed by atoms with Gasteiger partial charge in [0.15, 0.2) is 12.6 Å². The minimum absolute atomic E-state index is 0.453. The highest BCUT2D eigenvalue weighted by molar-refractivity contribution is 7.35. The average molecular weight is 1170 g/mol. The molecule has 10 heteroatoms. The molecule has 10 aromatic rings. The summed E-state index contributed by atoms with van der Waals surface area (Å²) in [5.74, 6) is 2.52. The summed E-state index contributed by atoms with van der Waals surface area (Å²) in [6.45, 7) is 19.0. The number of aryl methyl sites for hydroxylation is 4. The Balaban J connectivity index is 1.13. The van der Waals surface area contributed by atoms with Gasteiger partial charge in [0, 0.05) is 33.0 Å². The number of aldehydes is 2. The Bertz CT molecular complexity index is 3530. The van der Waals surface area contributed by atoms with E-state index >= 15 is 0 Å². The van der Waals surface area contributed by atoms with Gasteiger partial charge in [-0.15, -0.1) is 68.0 Å². The minimum Gasteiger partial charge on any atom is -0.492 e. The fourth-order valence-electron chi connectivity index (χ4n) is 12.5. The number of carbonyl (C=O) groups is 2. The second-order valence-corrected chi connectivity index (χ2v) is 28.6. The fraction of sp³-hybridized carbons (Fsp3) is 0.314. The Morgan fingerprint density at radius 3 is 1.06 bits per heavy atom. The van der Waals surface area contributed by atoms with Gasteiger partial charge in [-0.2, -0.15) is 0 Å². The first-order valence-electron chi connectivity index (χ1n) is 28.6. The van der Waals surface area contributed by atoms with Crippen LogP contribution in [0.3, 0.4) is 0 Å². The first-order chi connectivity index (χ1) is 39.0. The maximum absolute atomic E-state index is 12.6. The van der Waals surface area contributed by atoms with E-state index in [-0.39, 0.29) is 0 Å². The Labute approximate surface area is 496 Å². The molecule has 12 rings (SSSR count). The van der Waals surface area contributed by atoms with Crippen molar-refractivity contribution in [2.45, 2.75) is 118 Å². The molecule has 0 fully saturated rings. The molecule has 0 amide bonds. The predicted octanol–water partition coefficient (Wildman–Crippen LogP) is 21.3. The van der Waals surface area contributed by atoms with E-state index in [1.54, 1.807) is 22.7 Å². The third-order valence-electron chi connectivity index (χ3n) is 17.0. The summed E-state index contributed by atoms with van der Waals surface area (Å²) in [7, 11) is 0. The predicted molar refractivity (Wildman–Crippen MR) is 344 cm³/mol. The topological polar surface area (TPSA) is 52.6 Å². The Morgan fingerprint density at radius 2 is 0.762 bits per heavy atom. The Morgan fingerprint density at radius 1 is 0.425 bits per heavy atom. The van der Waals surface area contributed by atoms with Crippen molar-refractivity contribution in [3.05, 3.63) is 198 Å². The Hall–Kier alpha value is -5.72. The molecule has 80 heavy (non-hydrogen) atoms. The molecule has 0 radical (unpaired) electrons. The number of fused-ring (bicyclic) bond motifs is 9. The van der Waals surface area contributed by atoms with Crippen molar-refractivity contribution in [2.75, 3.05) is 13.2 Å². The van der Waals surface area contributed by atoms with Gasteiger partial charge in [-0.05, 0) is 97.9 Å². The summed E-state index contributed by atoms with van der Waals surface area (Å²) in [4.78, 5) is 36.1. The summed E-state index contributed by atoms with van der Waals surface area (Å²) >= 11 is 10.7. The van der Waals surface area contributed by atoms with Gasteiger partial charge in [-0.1, -0.05) is 186 Å². The van der Waals surface area contributed by atoms with E-state index in [2.05, 4.69) is 165 Å². The van der Waals surface area contributed by atoms with Crippen LogP contribution in [0.4, 0.5) is 0 Å². The summed E-state index contributed by atoms with van der Waals surface area (Å²) in [6.07, 6.45) is 11.0. The number of rotatable bonds is 22. The smallest absolute Gasteiger partial charge is 0.160 e. The molecular weight excluding hydrogens is 1100 g/mol. The molecule has 0 saturated carbocycles. The largest absolute Gasteiger partial charge is 0.492 e. The van der Waals surface area contributed by atoms with Crippen molar-refractivity contribution >= 4 is 90.0 Å². The van der Waals surface area contributed by atoms with Crippen molar-refractivity contribution in [3.8, 4) is 50.5 Å². The van der Waals surface area contributed by atoms with E-state index in [1.807, 2.05) is 57.5 Å². The second-order valence-electron chi connectivity index (χ2n) is 22.3. The van der Waals surface area contributed by atoms with E-state index < -0.39 is 10.8 Å². The molecule has 0 N–H and O–H groups in total. The quantitative estimate of drug-likeness (QED) is 0.0635. The van der Waals surface area contributed by atoms with E-state index in [0.717, 1.165) is 82.1 Å². The van der Waals surface area contributed by atoms with Crippen LogP contribution in [0.15, 0.2) is 121 Å². The minimum atomic E-state index is -0.668. The van der Waals surface area contributed by atoms with Crippen LogP contribution >= 0.6 is 68.0 Å². The summed E-state index contributed by atoms with van der Waals surface area (Å²) in [5.41, 5.74) is 13.8. The fourth-order valence-corrected chi connectivity index (χ4v) is 20.4. The molecule has 6 aromatic heterocycles. The van der Waals surface area contributed by atoms with Crippen molar-refractivity contribution in [3.63, 3.8) is 0 Å². The van der Waals surface area contributed by atoms with Gasteiger partial charge in [-0.25, -0.2) is 0 Å². The van der Waals surface area contributed by atoms with Crippen molar-refractivity contribution in [2.24, 2.45) is 11.8 Å². The molecule has 408 valence electrons. The molecule has 6 heterocycles. The third kappa shape index (κ3) is 9.16. The SMILES string of the molecule is CCCCC(CC)COc1cc(C=O)sc1-c1cc2c(s1)-c1sc3c4c(sc3c1C2(c1ccc(C)cc1)c1ccc(C)cc1)-c1sc(-c2sc(C=O)cc2OCC(CC)CCCC)cc1C4(c1ccc(C)cc1)c1ccc(C)cc1.